The van der Waals surface area contributed by atoms with Gasteiger partial charge in [-0.1, -0.05) is 0 Å². The van der Waals surface area contributed by atoms with Crippen LogP contribution in [0, 0.1) is 6.92 Å². The van der Waals surface area contributed by atoms with Gasteiger partial charge in [0.25, 0.3) is 0 Å². The molecule has 1 rings (SSSR count). The molecule has 1 aromatic heterocycles. The van der Waals surface area contributed by atoms with Crippen LogP contribution in [0.2, 0.25) is 0 Å². The number of hydrogen-bond donors (Lipinski definition) is 2. The Balaban J connectivity index is 2.64. The summed E-state index contributed by atoms with van der Waals surface area (Å²) in [4.78, 5) is 12.6. The predicted molar refractivity (Wildman–Crippen MR) is 46.9 cm³/mol. The molecule has 3 nitrogen and oxygen atoms in total. The Labute approximate surface area is 74.8 Å². The van der Waals surface area contributed by atoms with Crippen molar-refractivity contribution >= 4 is 17.3 Å². The minimum atomic E-state index is -0.791. The van der Waals surface area contributed by atoms with Gasteiger partial charge in [0.2, 0.25) is 0 Å². The topological polar surface area (TPSA) is 64.9 Å². The van der Waals surface area contributed by atoms with Gasteiger partial charge in [-0.25, -0.2) is 0 Å². The maximum absolute atomic E-state index is 10.4. The molecule has 0 saturated heterocycles. The van der Waals surface area contributed by atoms with Crippen molar-refractivity contribution in [2.75, 3.05) is 0 Å². The van der Waals surface area contributed by atoms with Crippen molar-refractivity contribution in [1.82, 2.24) is 0 Å². The Bertz CT molecular complexity index is 282. The fourth-order valence-corrected chi connectivity index (χ4v) is 1.88. The zero-order valence-electron chi connectivity index (χ0n) is 6.91. The predicted octanol–water partition coefficient (Wildman–Crippen LogP) is 0.814. The van der Waals surface area contributed by atoms with Crippen LogP contribution in [0.3, 0.4) is 0 Å². The molecule has 0 aromatic carbocycles. The Morgan fingerprint density at radius 3 is 2.83 bits per heavy atom. The van der Waals surface area contributed by atoms with Crippen LogP contribution < -0.4 is 5.73 Å². The highest BCUT2D eigenvalue weighted by atomic mass is 32.1. The van der Waals surface area contributed by atoms with Crippen molar-refractivity contribution < 1.29 is 15.6 Å². The smallest absolute Gasteiger partial charge is 0.309 e. The number of aliphatic carboxylic acids is 1. The summed E-state index contributed by atoms with van der Waals surface area (Å²) < 4.78 is 0. The van der Waals surface area contributed by atoms with Crippen molar-refractivity contribution in [2.24, 2.45) is 0 Å². The third-order valence-corrected chi connectivity index (χ3v) is 2.75. The van der Waals surface area contributed by atoms with E-state index in [0.717, 1.165) is 4.88 Å². The number of carbonyl (C=O) groups is 1. The quantitative estimate of drug-likeness (QED) is 0.733. The lowest BCUT2D eigenvalue weighted by molar-refractivity contribution is -0.424. The van der Waals surface area contributed by atoms with Gasteiger partial charge in [-0.05, 0) is 19.1 Å². The molecule has 0 bridgehead atoms. The first-order valence-electron chi connectivity index (χ1n) is 3.71. The average molecular weight is 186 g/mol. The van der Waals surface area contributed by atoms with Crippen LogP contribution in [0.25, 0.3) is 0 Å². The highest BCUT2D eigenvalue weighted by molar-refractivity contribution is 7.12. The van der Waals surface area contributed by atoms with Gasteiger partial charge in [0.05, 0.1) is 4.88 Å². The van der Waals surface area contributed by atoms with Crippen LogP contribution in [-0.2, 0) is 4.79 Å². The average Bonchev–Trinajstić information content (AvgIpc) is 2.34. The van der Waals surface area contributed by atoms with Gasteiger partial charge >= 0.3 is 5.97 Å². The Morgan fingerprint density at radius 1 is 1.75 bits per heavy atom. The maximum atomic E-state index is 10.4. The Morgan fingerprint density at radius 2 is 2.42 bits per heavy atom. The van der Waals surface area contributed by atoms with Gasteiger partial charge in [-0.3, -0.25) is 4.79 Å². The zero-order valence-corrected chi connectivity index (χ0v) is 7.73. The number of rotatable bonds is 3. The zero-order chi connectivity index (χ0) is 9.14. The van der Waals surface area contributed by atoms with Gasteiger partial charge in [0.1, 0.15) is 12.5 Å². The number of thiophene rings is 1. The van der Waals surface area contributed by atoms with Crippen molar-refractivity contribution in [1.29, 1.82) is 0 Å². The summed E-state index contributed by atoms with van der Waals surface area (Å²) in [7, 11) is 0. The summed E-state index contributed by atoms with van der Waals surface area (Å²) in [5.74, 6) is -0.791. The lowest BCUT2D eigenvalue weighted by Crippen LogP contribution is -2.53. The van der Waals surface area contributed by atoms with Crippen LogP contribution in [-0.4, -0.2) is 11.1 Å². The van der Waals surface area contributed by atoms with Gasteiger partial charge < -0.3 is 10.8 Å². The molecule has 0 aliphatic heterocycles. The van der Waals surface area contributed by atoms with E-state index in [4.69, 9.17) is 5.11 Å². The summed E-state index contributed by atoms with van der Waals surface area (Å²) in [5, 5.41) is 8.52. The van der Waals surface area contributed by atoms with Crippen LogP contribution in [0.4, 0.5) is 0 Å². The van der Waals surface area contributed by atoms with E-state index in [9.17, 15) is 4.79 Å². The van der Waals surface area contributed by atoms with E-state index < -0.39 is 5.97 Å². The van der Waals surface area contributed by atoms with Gasteiger partial charge in [-0.15, -0.1) is 11.3 Å². The van der Waals surface area contributed by atoms with Crippen molar-refractivity contribution in [3.8, 4) is 0 Å². The standard InChI is InChI=1S/C8H11NO2S/c1-5-2-3-7(12-5)6(9)4-8(10)11/h2-3,6H,4,9H2,1H3,(H,10,11)/p+1. The minimum absolute atomic E-state index is 0.110. The molecule has 0 aliphatic rings. The first-order valence-corrected chi connectivity index (χ1v) is 4.52. The number of quaternary nitrogens is 1. The van der Waals surface area contributed by atoms with Gasteiger partial charge in [0.15, 0.2) is 0 Å². The SMILES string of the molecule is Cc1ccc(C([NH3+])CC(=O)O)s1. The summed E-state index contributed by atoms with van der Waals surface area (Å²) in [6.07, 6.45) is 0.111. The molecule has 4 N–H and O–H groups in total. The van der Waals surface area contributed by atoms with Crippen LogP contribution in [0.15, 0.2) is 12.1 Å². The molecular weight excluding hydrogens is 174 g/mol. The second kappa shape index (κ2) is 3.69. The molecule has 1 unspecified atom stereocenters. The number of aryl methyl sites for hydroxylation is 1. The van der Waals surface area contributed by atoms with E-state index >= 15 is 0 Å². The van der Waals surface area contributed by atoms with E-state index in [1.807, 2.05) is 19.1 Å². The Hall–Kier alpha value is -0.870. The van der Waals surface area contributed by atoms with Crippen molar-refractivity contribution in [3.63, 3.8) is 0 Å². The molecule has 0 saturated carbocycles. The molecule has 4 heteroatoms. The van der Waals surface area contributed by atoms with E-state index in [2.05, 4.69) is 5.73 Å². The first kappa shape index (κ1) is 9.22. The lowest BCUT2D eigenvalue weighted by Gasteiger charge is -2.00. The van der Waals surface area contributed by atoms with Crippen LogP contribution >= 0.6 is 11.3 Å². The number of hydrogen-bond acceptors (Lipinski definition) is 2. The van der Waals surface area contributed by atoms with Crippen molar-refractivity contribution in [2.45, 2.75) is 19.4 Å². The fraction of sp³-hybridized carbons (Fsp3) is 0.375. The molecule has 1 atom stereocenters. The molecule has 0 spiro atoms. The highest BCUT2D eigenvalue weighted by Gasteiger charge is 2.15. The summed E-state index contributed by atoms with van der Waals surface area (Å²) in [6, 6.07) is 3.82. The third-order valence-electron chi connectivity index (χ3n) is 1.58. The number of carboxylic acid groups (broad SMARTS) is 1. The van der Waals surface area contributed by atoms with E-state index in [1.54, 1.807) is 11.3 Å². The monoisotopic (exact) mass is 186 g/mol. The molecule has 12 heavy (non-hydrogen) atoms. The summed E-state index contributed by atoms with van der Waals surface area (Å²) in [5.41, 5.74) is 3.79. The third kappa shape index (κ3) is 2.32. The van der Waals surface area contributed by atoms with Crippen LogP contribution in [0.5, 0.6) is 0 Å². The van der Waals surface area contributed by atoms with Crippen LogP contribution in [0.1, 0.15) is 22.2 Å². The first-order chi connectivity index (χ1) is 5.59. The second-order valence-corrected chi connectivity index (χ2v) is 4.06. The fourth-order valence-electron chi connectivity index (χ4n) is 0.984. The molecule has 66 valence electrons. The molecule has 0 amide bonds. The molecule has 1 aromatic rings. The maximum Gasteiger partial charge on any atom is 0.309 e. The number of carboxylic acids is 1. The molecule has 1 heterocycles. The molecule has 0 radical (unpaired) electrons. The van der Waals surface area contributed by atoms with Crippen molar-refractivity contribution in [3.05, 3.63) is 21.9 Å². The minimum Gasteiger partial charge on any atom is -0.481 e. The highest BCUT2D eigenvalue weighted by Crippen LogP contribution is 2.21. The largest absolute Gasteiger partial charge is 0.481 e. The normalized spacial score (nSPS) is 12.8. The van der Waals surface area contributed by atoms with E-state index in [1.165, 1.54) is 4.88 Å². The molecule has 0 fully saturated rings. The lowest BCUT2D eigenvalue weighted by atomic mass is 10.2. The summed E-state index contributed by atoms with van der Waals surface area (Å²) >= 11 is 1.61. The molecule has 0 aliphatic carbocycles. The molecular formula is C8H12NO2S+. The van der Waals surface area contributed by atoms with E-state index in [-0.39, 0.29) is 12.5 Å². The Kier molecular flexibility index (Phi) is 2.83. The summed E-state index contributed by atoms with van der Waals surface area (Å²) in [6.45, 7) is 2.00. The van der Waals surface area contributed by atoms with Gasteiger partial charge in [-0.2, -0.15) is 0 Å². The van der Waals surface area contributed by atoms with Gasteiger partial charge in [0, 0.05) is 4.88 Å². The van der Waals surface area contributed by atoms with E-state index in [0.29, 0.717) is 0 Å². The second-order valence-electron chi connectivity index (χ2n) is 2.74.